The van der Waals surface area contributed by atoms with E-state index in [4.69, 9.17) is 0 Å². The van der Waals surface area contributed by atoms with Gasteiger partial charge in [-0.15, -0.1) is 0 Å². The van der Waals surface area contributed by atoms with Gasteiger partial charge in [0.2, 0.25) is 0 Å². The van der Waals surface area contributed by atoms with Crippen molar-refractivity contribution >= 4 is 13.4 Å². The first-order valence-corrected chi connectivity index (χ1v) is 9.01. The summed E-state index contributed by atoms with van der Waals surface area (Å²) in [7, 11) is -4.23. The number of nitrogens with zero attached hydrogens (tertiary/aromatic N) is 1. The molecule has 5 heteroatoms. The van der Waals surface area contributed by atoms with Crippen molar-refractivity contribution < 1.29 is 14.4 Å². The Morgan fingerprint density at radius 2 is 1.50 bits per heavy atom. The van der Waals surface area contributed by atoms with Gasteiger partial charge in [-0.3, -0.25) is 4.67 Å². The lowest BCUT2D eigenvalue weighted by atomic mass is 10.1. The van der Waals surface area contributed by atoms with Crippen LogP contribution in [0.2, 0.25) is 0 Å². The Labute approximate surface area is 122 Å². The molecule has 0 saturated heterocycles. The maximum Gasteiger partial charge on any atom is 0.430 e. The molecule has 1 aromatic rings. The topological polar surface area (TPSA) is 60.8 Å². The van der Waals surface area contributed by atoms with Gasteiger partial charge in [0.25, 0.3) is 0 Å². The molecule has 0 aliphatic carbocycles. The molecule has 0 atom stereocenters. The van der Waals surface area contributed by atoms with E-state index in [2.05, 4.69) is 6.92 Å². The van der Waals surface area contributed by atoms with Crippen LogP contribution in [0.4, 0.5) is 5.69 Å². The first kappa shape index (κ1) is 17.2. The van der Waals surface area contributed by atoms with E-state index in [9.17, 15) is 14.4 Å². The summed E-state index contributed by atoms with van der Waals surface area (Å²) < 4.78 is 12.8. The first-order valence-electron chi connectivity index (χ1n) is 7.44. The van der Waals surface area contributed by atoms with Crippen LogP contribution in [0.15, 0.2) is 30.3 Å². The van der Waals surface area contributed by atoms with E-state index in [1.807, 2.05) is 6.07 Å². The van der Waals surface area contributed by atoms with Gasteiger partial charge < -0.3 is 9.79 Å². The quantitative estimate of drug-likeness (QED) is 0.498. The highest BCUT2D eigenvalue weighted by atomic mass is 31.2. The third kappa shape index (κ3) is 6.56. The van der Waals surface area contributed by atoms with Gasteiger partial charge in [-0.25, -0.2) is 4.57 Å². The minimum atomic E-state index is -4.23. The fourth-order valence-electron chi connectivity index (χ4n) is 2.23. The fourth-order valence-corrected chi connectivity index (χ4v) is 3.06. The Hall–Kier alpha value is -0.830. The SMILES string of the molecule is CCCCCCCCCN(c1ccccc1)P(=O)(O)O. The van der Waals surface area contributed by atoms with Crippen molar-refractivity contribution in [3.8, 4) is 0 Å². The van der Waals surface area contributed by atoms with E-state index in [-0.39, 0.29) is 0 Å². The average molecular weight is 299 g/mol. The molecule has 2 N–H and O–H groups in total. The highest BCUT2D eigenvalue weighted by Crippen LogP contribution is 2.43. The molecule has 0 bridgehead atoms. The maximum absolute atomic E-state index is 11.6. The van der Waals surface area contributed by atoms with Crippen molar-refractivity contribution in [2.45, 2.75) is 51.9 Å². The predicted molar refractivity (Wildman–Crippen MR) is 83.8 cm³/mol. The summed E-state index contributed by atoms with van der Waals surface area (Å²) in [5.41, 5.74) is 0.590. The number of hydrogen-bond acceptors (Lipinski definition) is 1. The van der Waals surface area contributed by atoms with Crippen LogP contribution >= 0.6 is 7.75 Å². The molecule has 4 nitrogen and oxygen atoms in total. The summed E-state index contributed by atoms with van der Waals surface area (Å²) in [6, 6.07) is 8.90. The van der Waals surface area contributed by atoms with E-state index in [0.717, 1.165) is 19.3 Å². The fraction of sp³-hybridized carbons (Fsp3) is 0.600. The number of hydrogen-bond donors (Lipinski definition) is 2. The van der Waals surface area contributed by atoms with E-state index < -0.39 is 7.75 Å². The molecule has 1 rings (SSSR count). The number of rotatable bonds is 10. The summed E-state index contributed by atoms with van der Waals surface area (Å²) in [5.74, 6) is 0. The zero-order valence-corrected chi connectivity index (χ0v) is 13.1. The van der Waals surface area contributed by atoms with E-state index in [1.165, 1.54) is 30.4 Å². The summed E-state index contributed by atoms with van der Waals surface area (Å²) in [5, 5.41) is 0. The molecule has 0 radical (unpaired) electrons. The van der Waals surface area contributed by atoms with Crippen LogP contribution in [0.1, 0.15) is 51.9 Å². The van der Waals surface area contributed by atoms with Crippen LogP contribution < -0.4 is 4.67 Å². The molecule has 20 heavy (non-hydrogen) atoms. The summed E-state index contributed by atoms with van der Waals surface area (Å²) in [4.78, 5) is 18.9. The van der Waals surface area contributed by atoms with E-state index in [0.29, 0.717) is 12.2 Å². The highest BCUT2D eigenvalue weighted by molar-refractivity contribution is 7.53. The van der Waals surface area contributed by atoms with Crippen LogP contribution in [0.25, 0.3) is 0 Å². The van der Waals surface area contributed by atoms with Crippen LogP contribution in [0, 0.1) is 0 Å². The van der Waals surface area contributed by atoms with Crippen molar-refractivity contribution in [2.75, 3.05) is 11.2 Å². The van der Waals surface area contributed by atoms with Gasteiger partial charge in [-0.05, 0) is 18.6 Å². The van der Waals surface area contributed by atoms with Gasteiger partial charge in [0.1, 0.15) is 0 Å². The maximum atomic E-state index is 11.6. The Morgan fingerprint density at radius 3 is 2.05 bits per heavy atom. The second-order valence-electron chi connectivity index (χ2n) is 5.09. The molecular formula is C15H26NO3P. The molecule has 0 spiro atoms. The molecule has 1 aromatic carbocycles. The molecule has 0 amide bonds. The minimum absolute atomic E-state index is 0.405. The second-order valence-corrected chi connectivity index (χ2v) is 6.60. The Balaban J connectivity index is 2.38. The van der Waals surface area contributed by atoms with Crippen LogP contribution in [0.3, 0.4) is 0 Å². The zero-order valence-electron chi connectivity index (χ0n) is 12.2. The Kier molecular flexibility index (Phi) is 7.90. The molecule has 0 unspecified atom stereocenters. The zero-order chi connectivity index (χ0) is 14.8. The average Bonchev–Trinajstić information content (AvgIpc) is 2.41. The third-order valence-electron chi connectivity index (χ3n) is 3.34. The molecule has 0 saturated carbocycles. The number of unbranched alkanes of at least 4 members (excludes halogenated alkanes) is 6. The lowest BCUT2D eigenvalue weighted by Crippen LogP contribution is -2.20. The normalized spacial score (nSPS) is 11.6. The number of anilines is 1. The van der Waals surface area contributed by atoms with Gasteiger partial charge >= 0.3 is 7.75 Å². The van der Waals surface area contributed by atoms with Crippen molar-refractivity contribution in [2.24, 2.45) is 0 Å². The van der Waals surface area contributed by atoms with Gasteiger partial charge in [0, 0.05) is 12.2 Å². The molecular weight excluding hydrogens is 273 g/mol. The minimum Gasteiger partial charge on any atom is -0.308 e. The van der Waals surface area contributed by atoms with Gasteiger partial charge in [-0.1, -0.05) is 63.6 Å². The largest absolute Gasteiger partial charge is 0.430 e. The second kappa shape index (κ2) is 9.17. The van der Waals surface area contributed by atoms with Crippen LogP contribution in [-0.4, -0.2) is 16.3 Å². The predicted octanol–water partition coefficient (Wildman–Crippen LogP) is 4.34. The summed E-state index contributed by atoms with van der Waals surface area (Å²) >= 11 is 0. The Morgan fingerprint density at radius 1 is 0.950 bits per heavy atom. The Bertz CT molecular complexity index is 405. The standard InChI is InChI=1S/C15H26NO3P/c1-2-3-4-5-6-7-11-14-16(20(17,18)19)15-12-9-8-10-13-15/h8-10,12-13H,2-7,11,14H2,1H3,(H2,17,18,19). The smallest absolute Gasteiger partial charge is 0.308 e. The van der Waals surface area contributed by atoms with Crippen molar-refractivity contribution in [3.05, 3.63) is 30.3 Å². The highest BCUT2D eigenvalue weighted by Gasteiger charge is 2.24. The monoisotopic (exact) mass is 299 g/mol. The number of para-hydroxylation sites is 1. The van der Waals surface area contributed by atoms with Crippen molar-refractivity contribution in [3.63, 3.8) is 0 Å². The lowest BCUT2D eigenvalue weighted by molar-refractivity contribution is 0.367. The van der Waals surface area contributed by atoms with E-state index in [1.54, 1.807) is 24.3 Å². The van der Waals surface area contributed by atoms with Gasteiger partial charge in [0.05, 0.1) is 0 Å². The van der Waals surface area contributed by atoms with Crippen LogP contribution in [-0.2, 0) is 4.57 Å². The summed E-state index contributed by atoms with van der Waals surface area (Å²) in [6.07, 6.45) is 7.97. The van der Waals surface area contributed by atoms with Gasteiger partial charge in [-0.2, -0.15) is 0 Å². The van der Waals surface area contributed by atoms with E-state index >= 15 is 0 Å². The molecule has 0 aromatic heterocycles. The first-order chi connectivity index (χ1) is 9.55. The van der Waals surface area contributed by atoms with Crippen molar-refractivity contribution in [1.29, 1.82) is 0 Å². The third-order valence-corrected chi connectivity index (χ3v) is 4.40. The lowest BCUT2D eigenvalue weighted by Gasteiger charge is -2.25. The molecule has 114 valence electrons. The van der Waals surface area contributed by atoms with Crippen molar-refractivity contribution in [1.82, 2.24) is 0 Å². The molecule has 0 aliphatic heterocycles. The number of benzene rings is 1. The molecule has 0 aliphatic rings. The van der Waals surface area contributed by atoms with Crippen LogP contribution in [0.5, 0.6) is 0 Å². The summed E-state index contributed by atoms with van der Waals surface area (Å²) in [6.45, 7) is 2.60. The van der Waals surface area contributed by atoms with Gasteiger partial charge in [0.15, 0.2) is 0 Å². The molecule has 0 heterocycles. The molecule has 0 fully saturated rings.